The molecule has 2 aromatic rings. The number of halogens is 1. The van der Waals surface area contributed by atoms with Gasteiger partial charge < -0.3 is 29.7 Å². The predicted octanol–water partition coefficient (Wildman–Crippen LogP) is 3.74. The third-order valence-electron chi connectivity index (χ3n) is 9.25. The molecule has 2 aromatic carbocycles. The molecule has 242 valence electrons. The van der Waals surface area contributed by atoms with Crippen molar-refractivity contribution in [1.82, 2.24) is 10.2 Å². The van der Waals surface area contributed by atoms with Crippen LogP contribution in [-0.2, 0) is 28.7 Å². The molecular weight excluding hydrogens is 610 g/mol. The lowest BCUT2D eigenvalue weighted by Crippen LogP contribution is -2.56. The van der Waals surface area contributed by atoms with Crippen LogP contribution < -0.4 is 10.2 Å². The Morgan fingerprint density at radius 3 is 2.50 bits per heavy atom. The van der Waals surface area contributed by atoms with Gasteiger partial charge >= 0.3 is 5.97 Å². The summed E-state index contributed by atoms with van der Waals surface area (Å²) in [5.41, 5.74) is -0.0724. The van der Waals surface area contributed by atoms with Crippen molar-refractivity contribution in [1.29, 1.82) is 0 Å². The van der Waals surface area contributed by atoms with Crippen LogP contribution in [0.5, 0.6) is 0 Å². The molecule has 5 bridgehead atoms. The highest BCUT2D eigenvalue weighted by Gasteiger charge is 2.73. The van der Waals surface area contributed by atoms with Crippen LogP contribution in [0.15, 0.2) is 78.9 Å². The lowest BCUT2D eigenvalue weighted by Gasteiger charge is -2.36. The number of aliphatic hydroxyl groups is 1. The standard InChI is InChI=1S/C35H38ClN3O7/c36-24-13-15-25(16-14-24)38-19-7-2-6-12-28(41)37-22-27(23-10-4-1-5-11-23)45-34(44)29-26-17-18-35(46-26)30(29)32(42)39(31(35)33(38)43)20-8-3-9-21-40/h1-2,4-5,7,10-11,13-18,26-27,29-31,40H,3,6,8-9,12,19-22H2,(H,37,41)/b7-2-/t26-,27-,29+,30+,31-,35+/m0/s1. The van der Waals surface area contributed by atoms with Crippen LogP contribution >= 0.6 is 11.6 Å². The SMILES string of the molecule is O=C1CC/C=C\CN(c2ccc(Cl)cc2)C(=O)[C@@H]2N(CCCCCO)C(=O)[C@H]3[C@H](C(=O)O[C@H](c4ccccc4)CN1)[C@@H]1C=C[C@]23O1. The number of nitrogens with zero attached hydrogens (tertiary/aromatic N) is 2. The molecular formula is C35H38ClN3O7. The number of hydrogen-bond donors (Lipinski definition) is 2. The van der Waals surface area contributed by atoms with Crippen LogP contribution in [0.25, 0.3) is 0 Å². The summed E-state index contributed by atoms with van der Waals surface area (Å²) < 4.78 is 12.6. The number of hydrogen-bond acceptors (Lipinski definition) is 7. The first-order chi connectivity index (χ1) is 22.3. The number of benzene rings is 2. The molecule has 3 amide bonds. The van der Waals surface area contributed by atoms with Gasteiger partial charge in [-0.1, -0.05) is 66.2 Å². The van der Waals surface area contributed by atoms with E-state index in [0.717, 1.165) is 0 Å². The Labute approximate surface area is 273 Å². The quantitative estimate of drug-likeness (QED) is 0.267. The number of ether oxygens (including phenoxy) is 2. The van der Waals surface area contributed by atoms with Crippen molar-refractivity contribution in [2.75, 3.05) is 31.1 Å². The van der Waals surface area contributed by atoms with E-state index in [1.165, 1.54) is 0 Å². The molecule has 4 aliphatic heterocycles. The fraction of sp³-hybridized carbons (Fsp3) is 0.429. The van der Waals surface area contributed by atoms with Gasteiger partial charge in [-0.2, -0.15) is 0 Å². The highest BCUT2D eigenvalue weighted by Crippen LogP contribution is 2.56. The Kier molecular flexibility index (Phi) is 9.58. The van der Waals surface area contributed by atoms with Crippen molar-refractivity contribution >= 4 is 41.0 Å². The molecule has 0 aromatic heterocycles. The summed E-state index contributed by atoms with van der Waals surface area (Å²) in [5, 5.41) is 12.7. The molecule has 0 saturated carbocycles. The van der Waals surface area contributed by atoms with E-state index in [9.17, 15) is 24.3 Å². The Hall–Kier alpha value is -3.99. The number of nitrogens with one attached hydrogen (secondary N) is 1. The second-order valence-electron chi connectivity index (χ2n) is 12.1. The number of likely N-dealkylation sites (tertiary alicyclic amines) is 1. The van der Waals surface area contributed by atoms with E-state index < -0.39 is 41.7 Å². The lowest BCUT2D eigenvalue weighted by atomic mass is 9.74. The van der Waals surface area contributed by atoms with Gasteiger partial charge in [0.05, 0.1) is 18.6 Å². The highest BCUT2D eigenvalue weighted by atomic mass is 35.5. The number of carbonyl (C=O) groups is 4. The van der Waals surface area contributed by atoms with Crippen molar-refractivity contribution in [3.05, 3.63) is 89.5 Å². The van der Waals surface area contributed by atoms with Crippen molar-refractivity contribution in [2.45, 2.75) is 56.0 Å². The molecule has 2 fully saturated rings. The molecule has 11 heteroatoms. The van der Waals surface area contributed by atoms with Gasteiger partial charge in [0.2, 0.25) is 11.8 Å². The predicted molar refractivity (Wildman–Crippen MR) is 171 cm³/mol. The van der Waals surface area contributed by atoms with Crippen LogP contribution in [0.2, 0.25) is 5.02 Å². The summed E-state index contributed by atoms with van der Waals surface area (Å²) in [5.74, 6) is -3.45. The molecule has 10 nitrogen and oxygen atoms in total. The summed E-state index contributed by atoms with van der Waals surface area (Å²) in [6.45, 7) is 0.545. The topological polar surface area (TPSA) is 125 Å². The Morgan fingerprint density at radius 1 is 0.957 bits per heavy atom. The molecule has 2 N–H and O–H groups in total. The molecule has 1 spiro atoms. The van der Waals surface area contributed by atoms with Crippen molar-refractivity contribution in [3.8, 4) is 0 Å². The summed E-state index contributed by atoms with van der Waals surface area (Å²) in [4.78, 5) is 59.0. The minimum Gasteiger partial charge on any atom is -0.455 e. The second kappa shape index (κ2) is 13.8. The molecule has 4 heterocycles. The first-order valence-electron chi connectivity index (χ1n) is 15.9. The lowest BCUT2D eigenvalue weighted by molar-refractivity contribution is -0.159. The molecule has 0 aliphatic carbocycles. The highest BCUT2D eigenvalue weighted by molar-refractivity contribution is 6.30. The smallest absolute Gasteiger partial charge is 0.313 e. The number of fused-ring (bicyclic) bond motifs is 2. The summed E-state index contributed by atoms with van der Waals surface area (Å²) in [7, 11) is 0. The molecule has 0 radical (unpaired) electrons. The number of cyclic esters (lactones) is 1. The van der Waals surface area contributed by atoms with E-state index in [1.54, 1.807) is 46.2 Å². The first kappa shape index (κ1) is 32.0. The van der Waals surface area contributed by atoms with Gasteiger partial charge in [-0.25, -0.2) is 0 Å². The average molecular weight is 648 g/mol. The molecule has 2 saturated heterocycles. The third-order valence-corrected chi connectivity index (χ3v) is 9.50. The summed E-state index contributed by atoms with van der Waals surface area (Å²) >= 11 is 6.18. The minimum atomic E-state index is -1.36. The average Bonchev–Trinajstić information content (AvgIpc) is 3.70. The number of anilines is 1. The van der Waals surface area contributed by atoms with E-state index in [0.29, 0.717) is 42.0 Å². The zero-order valence-corrected chi connectivity index (χ0v) is 26.2. The maximum Gasteiger partial charge on any atom is 0.313 e. The number of carbonyl (C=O) groups excluding carboxylic acids is 4. The molecule has 6 atom stereocenters. The van der Waals surface area contributed by atoms with Crippen molar-refractivity contribution < 1.29 is 33.8 Å². The normalized spacial score (nSPS) is 30.3. The number of aliphatic hydroxyl groups excluding tert-OH is 1. The van der Waals surface area contributed by atoms with Gasteiger partial charge in [0.25, 0.3) is 5.91 Å². The van der Waals surface area contributed by atoms with Gasteiger partial charge in [-0.15, -0.1) is 0 Å². The maximum atomic E-state index is 14.8. The second-order valence-corrected chi connectivity index (χ2v) is 12.5. The molecule has 4 aliphatic rings. The first-order valence-corrected chi connectivity index (χ1v) is 16.2. The number of unbranched alkanes of at least 4 members (excludes halogenated alkanes) is 2. The van der Waals surface area contributed by atoms with E-state index >= 15 is 0 Å². The Morgan fingerprint density at radius 2 is 1.74 bits per heavy atom. The Bertz CT molecular complexity index is 1510. The van der Waals surface area contributed by atoms with Gasteiger partial charge in [0.1, 0.15) is 23.7 Å². The zero-order valence-electron chi connectivity index (χ0n) is 25.4. The monoisotopic (exact) mass is 647 g/mol. The van der Waals surface area contributed by atoms with E-state index in [2.05, 4.69) is 5.32 Å². The number of allylic oxidation sites excluding steroid dienone is 1. The summed E-state index contributed by atoms with van der Waals surface area (Å²) in [6.07, 6.45) is 8.14. The minimum absolute atomic E-state index is 0.0318. The Balaban J connectivity index is 1.41. The van der Waals surface area contributed by atoms with E-state index in [-0.39, 0.29) is 50.4 Å². The van der Waals surface area contributed by atoms with Crippen LogP contribution in [0, 0.1) is 11.8 Å². The van der Waals surface area contributed by atoms with E-state index in [1.807, 2.05) is 42.5 Å². The fourth-order valence-electron chi connectivity index (χ4n) is 7.04. The summed E-state index contributed by atoms with van der Waals surface area (Å²) in [6, 6.07) is 15.0. The van der Waals surface area contributed by atoms with Crippen LogP contribution in [0.1, 0.15) is 43.8 Å². The fourth-order valence-corrected chi connectivity index (χ4v) is 7.17. The van der Waals surface area contributed by atoms with Crippen LogP contribution in [-0.4, -0.2) is 77.7 Å². The molecule has 6 rings (SSSR count). The van der Waals surface area contributed by atoms with E-state index in [4.69, 9.17) is 21.1 Å². The van der Waals surface area contributed by atoms with Gasteiger partial charge in [-0.3, -0.25) is 19.2 Å². The third kappa shape index (κ3) is 6.09. The van der Waals surface area contributed by atoms with Crippen molar-refractivity contribution in [2.24, 2.45) is 11.8 Å². The number of esters is 1. The van der Waals surface area contributed by atoms with Crippen LogP contribution in [0.4, 0.5) is 5.69 Å². The van der Waals surface area contributed by atoms with Crippen LogP contribution in [0.3, 0.4) is 0 Å². The van der Waals surface area contributed by atoms with Crippen molar-refractivity contribution in [3.63, 3.8) is 0 Å². The van der Waals surface area contributed by atoms with Gasteiger partial charge in [0.15, 0.2) is 0 Å². The number of rotatable bonds is 7. The molecule has 0 unspecified atom stereocenters. The van der Waals surface area contributed by atoms with Gasteiger partial charge in [0, 0.05) is 36.8 Å². The molecule has 46 heavy (non-hydrogen) atoms. The largest absolute Gasteiger partial charge is 0.455 e. The maximum absolute atomic E-state index is 14.8. The zero-order chi connectivity index (χ0) is 32.3. The van der Waals surface area contributed by atoms with Gasteiger partial charge in [-0.05, 0) is 55.5 Å². The number of amides is 3.